The predicted molar refractivity (Wildman–Crippen MR) is 62.5 cm³/mol. The lowest BCUT2D eigenvalue weighted by atomic mass is 9.65. The van der Waals surface area contributed by atoms with Crippen LogP contribution in [-0.4, -0.2) is 29.9 Å². The van der Waals surface area contributed by atoms with Gasteiger partial charge in [-0.05, 0) is 18.8 Å². The molecular weight excluding hydrogens is 236 g/mol. The zero-order valence-electron chi connectivity index (χ0n) is 11.3. The van der Waals surface area contributed by atoms with Gasteiger partial charge in [-0.2, -0.15) is 0 Å². The second-order valence-corrected chi connectivity index (χ2v) is 5.54. The molecule has 18 heavy (non-hydrogen) atoms. The van der Waals surface area contributed by atoms with Crippen LogP contribution in [0, 0.1) is 11.8 Å². The van der Waals surface area contributed by atoms with E-state index in [1.165, 1.54) is 13.8 Å². The average Bonchev–Trinajstić information content (AvgIpc) is 2.42. The molecule has 1 aliphatic heterocycles. The van der Waals surface area contributed by atoms with Crippen molar-refractivity contribution in [3.63, 3.8) is 0 Å². The molecule has 1 unspecified atom stereocenters. The number of carbonyl (C=O) groups excluding carboxylic acids is 2. The molecule has 1 aliphatic carbocycles. The second-order valence-electron chi connectivity index (χ2n) is 5.54. The summed E-state index contributed by atoms with van der Waals surface area (Å²) >= 11 is 0. The van der Waals surface area contributed by atoms with Gasteiger partial charge in [-0.25, -0.2) is 0 Å². The molecule has 2 fully saturated rings. The summed E-state index contributed by atoms with van der Waals surface area (Å²) in [5.74, 6) is -0.158. The van der Waals surface area contributed by atoms with Crippen LogP contribution in [0.5, 0.6) is 0 Å². The SMILES string of the molecule is CC(=O)OC1OC2(CC(C)C2)[C@@H](C)[C@H]1OC(C)=O. The lowest BCUT2D eigenvalue weighted by Crippen LogP contribution is -2.48. The highest BCUT2D eigenvalue weighted by atomic mass is 16.7. The Labute approximate surface area is 107 Å². The van der Waals surface area contributed by atoms with Crippen LogP contribution >= 0.6 is 0 Å². The lowest BCUT2D eigenvalue weighted by Gasteiger charge is -2.45. The molecule has 1 spiro atoms. The molecular formula is C13H20O5. The van der Waals surface area contributed by atoms with E-state index in [4.69, 9.17) is 14.2 Å². The highest BCUT2D eigenvalue weighted by Crippen LogP contribution is 2.53. The zero-order valence-corrected chi connectivity index (χ0v) is 11.3. The van der Waals surface area contributed by atoms with Crippen molar-refractivity contribution in [1.29, 1.82) is 0 Å². The normalized spacial score (nSPS) is 42.4. The molecule has 5 nitrogen and oxygen atoms in total. The van der Waals surface area contributed by atoms with E-state index in [1.54, 1.807) is 0 Å². The average molecular weight is 256 g/mol. The van der Waals surface area contributed by atoms with E-state index in [-0.39, 0.29) is 17.5 Å². The number of hydrogen-bond acceptors (Lipinski definition) is 5. The van der Waals surface area contributed by atoms with E-state index in [0.717, 1.165) is 12.8 Å². The van der Waals surface area contributed by atoms with Crippen LogP contribution in [0.2, 0.25) is 0 Å². The number of hydrogen-bond donors (Lipinski definition) is 0. The Bertz CT molecular complexity index is 358. The lowest BCUT2D eigenvalue weighted by molar-refractivity contribution is -0.219. The molecule has 3 atom stereocenters. The van der Waals surface area contributed by atoms with Crippen molar-refractivity contribution in [1.82, 2.24) is 0 Å². The number of rotatable bonds is 2. The van der Waals surface area contributed by atoms with Crippen molar-refractivity contribution >= 4 is 11.9 Å². The topological polar surface area (TPSA) is 61.8 Å². The van der Waals surface area contributed by atoms with Gasteiger partial charge in [-0.3, -0.25) is 9.59 Å². The van der Waals surface area contributed by atoms with Crippen LogP contribution in [-0.2, 0) is 23.8 Å². The molecule has 2 aliphatic rings. The third-order valence-corrected chi connectivity index (χ3v) is 3.91. The number of esters is 2. The summed E-state index contributed by atoms with van der Waals surface area (Å²) in [5.41, 5.74) is -0.292. The first-order chi connectivity index (χ1) is 8.34. The van der Waals surface area contributed by atoms with Gasteiger partial charge in [0.2, 0.25) is 6.29 Å². The molecule has 0 amide bonds. The zero-order chi connectivity index (χ0) is 13.5. The van der Waals surface area contributed by atoms with Crippen molar-refractivity contribution in [2.24, 2.45) is 11.8 Å². The molecule has 1 heterocycles. The molecule has 0 radical (unpaired) electrons. The van der Waals surface area contributed by atoms with E-state index in [1.807, 2.05) is 6.92 Å². The van der Waals surface area contributed by atoms with Gasteiger partial charge in [-0.1, -0.05) is 13.8 Å². The monoisotopic (exact) mass is 256 g/mol. The van der Waals surface area contributed by atoms with Gasteiger partial charge < -0.3 is 14.2 Å². The second kappa shape index (κ2) is 4.53. The minimum absolute atomic E-state index is 0.0435. The smallest absolute Gasteiger partial charge is 0.305 e. The first kappa shape index (κ1) is 13.3. The van der Waals surface area contributed by atoms with Gasteiger partial charge in [0, 0.05) is 19.8 Å². The molecule has 1 saturated heterocycles. The molecule has 0 N–H and O–H groups in total. The largest absolute Gasteiger partial charge is 0.455 e. The fourth-order valence-electron chi connectivity index (χ4n) is 3.13. The van der Waals surface area contributed by atoms with E-state index >= 15 is 0 Å². The quantitative estimate of drug-likeness (QED) is 0.703. The Hall–Kier alpha value is -1.10. The molecule has 0 aromatic heterocycles. The van der Waals surface area contributed by atoms with E-state index in [0.29, 0.717) is 5.92 Å². The van der Waals surface area contributed by atoms with Gasteiger partial charge in [0.15, 0.2) is 6.10 Å². The Kier molecular flexibility index (Phi) is 3.36. The summed E-state index contributed by atoms with van der Waals surface area (Å²) in [6, 6.07) is 0. The molecule has 0 aromatic rings. The molecule has 1 saturated carbocycles. The van der Waals surface area contributed by atoms with Crippen LogP contribution in [0.4, 0.5) is 0 Å². The van der Waals surface area contributed by atoms with Crippen LogP contribution in [0.25, 0.3) is 0 Å². The van der Waals surface area contributed by atoms with Crippen LogP contribution in [0.3, 0.4) is 0 Å². The van der Waals surface area contributed by atoms with Gasteiger partial charge >= 0.3 is 11.9 Å². The van der Waals surface area contributed by atoms with Crippen molar-refractivity contribution in [2.45, 2.75) is 58.5 Å². The first-order valence-corrected chi connectivity index (χ1v) is 6.36. The maximum atomic E-state index is 11.1. The van der Waals surface area contributed by atoms with Gasteiger partial charge in [-0.15, -0.1) is 0 Å². The summed E-state index contributed by atoms with van der Waals surface area (Å²) in [6.07, 6.45) is 0.570. The van der Waals surface area contributed by atoms with Gasteiger partial charge in [0.1, 0.15) is 0 Å². The predicted octanol–water partition coefficient (Wildman–Crippen LogP) is 1.64. The Morgan fingerprint density at radius 3 is 2.11 bits per heavy atom. The summed E-state index contributed by atoms with van der Waals surface area (Å²) in [7, 11) is 0. The molecule has 5 heteroatoms. The van der Waals surface area contributed by atoms with E-state index in [2.05, 4.69) is 6.92 Å². The Morgan fingerprint density at radius 2 is 1.67 bits per heavy atom. The van der Waals surface area contributed by atoms with Gasteiger partial charge in [0.05, 0.1) is 5.60 Å². The summed E-state index contributed by atoms with van der Waals surface area (Å²) in [4.78, 5) is 22.2. The molecule has 0 aromatic carbocycles. The minimum Gasteiger partial charge on any atom is -0.455 e. The molecule has 2 rings (SSSR count). The maximum absolute atomic E-state index is 11.1. The first-order valence-electron chi connectivity index (χ1n) is 6.36. The van der Waals surface area contributed by atoms with Crippen molar-refractivity contribution < 1.29 is 23.8 Å². The van der Waals surface area contributed by atoms with Gasteiger partial charge in [0.25, 0.3) is 0 Å². The standard InChI is InChI=1S/C13H20O5/c1-7-5-13(6-7)8(2)11(16-9(3)14)12(18-13)17-10(4)15/h7-8,11-12H,5-6H2,1-4H3/t7?,8-,11+,12?,13?/m0/s1. The van der Waals surface area contributed by atoms with Crippen molar-refractivity contribution in [2.75, 3.05) is 0 Å². The summed E-state index contributed by atoms with van der Waals surface area (Å²) in [6.45, 7) is 6.82. The van der Waals surface area contributed by atoms with Crippen LogP contribution < -0.4 is 0 Å². The molecule has 102 valence electrons. The maximum Gasteiger partial charge on any atom is 0.305 e. The fraction of sp³-hybridized carbons (Fsp3) is 0.846. The highest BCUT2D eigenvalue weighted by molar-refractivity contribution is 5.67. The molecule has 0 bridgehead atoms. The summed E-state index contributed by atoms with van der Waals surface area (Å²) in [5, 5.41) is 0. The fourth-order valence-corrected chi connectivity index (χ4v) is 3.13. The van der Waals surface area contributed by atoms with Crippen molar-refractivity contribution in [3.8, 4) is 0 Å². The minimum atomic E-state index is -0.770. The summed E-state index contributed by atoms with van der Waals surface area (Å²) < 4.78 is 16.3. The Balaban J connectivity index is 2.12. The third-order valence-electron chi connectivity index (χ3n) is 3.91. The van der Waals surface area contributed by atoms with Crippen LogP contribution in [0.1, 0.15) is 40.5 Å². The number of carbonyl (C=O) groups is 2. The van der Waals surface area contributed by atoms with Crippen molar-refractivity contribution in [3.05, 3.63) is 0 Å². The van der Waals surface area contributed by atoms with E-state index in [9.17, 15) is 9.59 Å². The highest BCUT2D eigenvalue weighted by Gasteiger charge is 2.60. The van der Waals surface area contributed by atoms with E-state index < -0.39 is 18.4 Å². The van der Waals surface area contributed by atoms with Crippen LogP contribution in [0.15, 0.2) is 0 Å². The third kappa shape index (κ3) is 2.23. The number of ether oxygens (including phenoxy) is 3. The Morgan fingerprint density at radius 1 is 1.11 bits per heavy atom.